The quantitative estimate of drug-likeness (QED) is 0.598. The van der Waals surface area contributed by atoms with Gasteiger partial charge >= 0.3 is 0 Å². The summed E-state index contributed by atoms with van der Waals surface area (Å²) in [5, 5.41) is 5.18. The standard InChI is InChI=1S/C8H13N3O/c9-8(3-4-8)2-1-6-5-10-11-7(6)12/h5H,1-4,9H2,(H2,10,11,12). The van der Waals surface area contributed by atoms with Crippen LogP contribution in [0.2, 0.25) is 0 Å². The second kappa shape index (κ2) is 2.48. The van der Waals surface area contributed by atoms with Gasteiger partial charge in [0.1, 0.15) is 0 Å². The highest BCUT2D eigenvalue weighted by atomic mass is 16.1. The van der Waals surface area contributed by atoms with Crippen LogP contribution in [-0.4, -0.2) is 15.7 Å². The fourth-order valence-corrected chi connectivity index (χ4v) is 1.31. The maximum atomic E-state index is 11.0. The van der Waals surface area contributed by atoms with E-state index in [1.54, 1.807) is 6.20 Å². The summed E-state index contributed by atoms with van der Waals surface area (Å²) < 4.78 is 0. The van der Waals surface area contributed by atoms with Crippen molar-refractivity contribution in [2.24, 2.45) is 5.73 Å². The molecule has 1 fully saturated rings. The molecule has 1 saturated carbocycles. The zero-order chi connectivity index (χ0) is 8.60. The Morgan fingerprint density at radius 1 is 1.58 bits per heavy atom. The Morgan fingerprint density at radius 3 is 2.83 bits per heavy atom. The number of H-pyrrole nitrogens is 2. The van der Waals surface area contributed by atoms with Crippen molar-refractivity contribution in [2.75, 3.05) is 0 Å². The van der Waals surface area contributed by atoms with Crippen molar-refractivity contribution in [1.29, 1.82) is 0 Å². The van der Waals surface area contributed by atoms with Crippen molar-refractivity contribution in [1.82, 2.24) is 10.2 Å². The average Bonchev–Trinajstić information content (AvgIpc) is 2.61. The van der Waals surface area contributed by atoms with Crippen LogP contribution < -0.4 is 11.3 Å². The van der Waals surface area contributed by atoms with Crippen LogP contribution in [0, 0.1) is 0 Å². The van der Waals surface area contributed by atoms with E-state index in [1.807, 2.05) is 0 Å². The normalized spacial score (nSPS) is 19.4. The van der Waals surface area contributed by atoms with E-state index in [0.29, 0.717) is 0 Å². The fourth-order valence-electron chi connectivity index (χ4n) is 1.31. The van der Waals surface area contributed by atoms with E-state index in [2.05, 4.69) is 10.2 Å². The molecule has 0 bridgehead atoms. The van der Waals surface area contributed by atoms with Crippen molar-refractivity contribution in [3.63, 3.8) is 0 Å². The Labute approximate surface area is 70.1 Å². The topological polar surface area (TPSA) is 74.7 Å². The number of nitrogens with one attached hydrogen (secondary N) is 2. The molecule has 4 heteroatoms. The maximum absolute atomic E-state index is 11.0. The second-order valence-electron chi connectivity index (χ2n) is 3.63. The van der Waals surface area contributed by atoms with Crippen LogP contribution in [-0.2, 0) is 6.42 Å². The monoisotopic (exact) mass is 167 g/mol. The molecule has 0 saturated heterocycles. The van der Waals surface area contributed by atoms with Gasteiger partial charge in [-0.25, -0.2) is 0 Å². The molecule has 12 heavy (non-hydrogen) atoms. The van der Waals surface area contributed by atoms with Gasteiger partial charge in [0, 0.05) is 17.3 Å². The minimum Gasteiger partial charge on any atom is -0.325 e. The number of aromatic amines is 2. The maximum Gasteiger partial charge on any atom is 0.267 e. The molecule has 1 aromatic heterocycles. The van der Waals surface area contributed by atoms with Gasteiger partial charge in [0.2, 0.25) is 0 Å². The third-order valence-corrected chi connectivity index (χ3v) is 2.51. The van der Waals surface area contributed by atoms with Gasteiger partial charge in [-0.15, -0.1) is 0 Å². The molecule has 0 aliphatic heterocycles. The Balaban J connectivity index is 1.96. The van der Waals surface area contributed by atoms with Gasteiger partial charge < -0.3 is 10.8 Å². The molecule has 0 spiro atoms. The lowest BCUT2D eigenvalue weighted by molar-refractivity contribution is 0.608. The first kappa shape index (κ1) is 7.61. The smallest absolute Gasteiger partial charge is 0.267 e. The number of rotatable bonds is 3. The molecule has 1 aliphatic rings. The Bertz CT molecular complexity index is 321. The molecule has 1 aliphatic carbocycles. The molecule has 0 atom stereocenters. The van der Waals surface area contributed by atoms with Crippen LogP contribution >= 0.6 is 0 Å². The first-order valence-electron chi connectivity index (χ1n) is 4.23. The molecule has 0 amide bonds. The second-order valence-corrected chi connectivity index (χ2v) is 3.63. The SMILES string of the molecule is NC1(CCc2c[nH][nH]c2=O)CC1. The third kappa shape index (κ3) is 1.43. The molecule has 0 unspecified atom stereocenters. The van der Waals surface area contributed by atoms with Gasteiger partial charge in [0.05, 0.1) is 0 Å². The molecule has 0 aromatic carbocycles. The number of nitrogens with two attached hydrogens (primary N) is 1. The highest BCUT2D eigenvalue weighted by Crippen LogP contribution is 2.36. The molecule has 2 rings (SSSR count). The average molecular weight is 167 g/mol. The summed E-state index contributed by atoms with van der Waals surface area (Å²) in [5.41, 5.74) is 6.73. The summed E-state index contributed by atoms with van der Waals surface area (Å²) in [6, 6.07) is 0. The summed E-state index contributed by atoms with van der Waals surface area (Å²) in [4.78, 5) is 11.0. The number of hydrogen-bond acceptors (Lipinski definition) is 2. The predicted octanol–water partition coefficient (Wildman–Crippen LogP) is 0.127. The van der Waals surface area contributed by atoms with Gasteiger partial charge in [0.15, 0.2) is 0 Å². The van der Waals surface area contributed by atoms with Crippen molar-refractivity contribution in [2.45, 2.75) is 31.2 Å². The number of aryl methyl sites for hydroxylation is 1. The lowest BCUT2D eigenvalue weighted by Crippen LogP contribution is -2.23. The summed E-state index contributed by atoms with van der Waals surface area (Å²) in [5.74, 6) is 0. The minimum absolute atomic E-state index is 0.0146. The van der Waals surface area contributed by atoms with Gasteiger partial charge in [-0.3, -0.25) is 9.89 Å². The Morgan fingerprint density at radius 2 is 2.33 bits per heavy atom. The molecule has 1 heterocycles. The van der Waals surface area contributed by atoms with E-state index >= 15 is 0 Å². The Hall–Kier alpha value is -1.03. The molecular weight excluding hydrogens is 154 g/mol. The van der Waals surface area contributed by atoms with Crippen LogP contribution in [0.4, 0.5) is 0 Å². The van der Waals surface area contributed by atoms with E-state index in [1.165, 1.54) is 0 Å². The van der Waals surface area contributed by atoms with Crippen LogP contribution in [0.15, 0.2) is 11.0 Å². The summed E-state index contributed by atoms with van der Waals surface area (Å²) in [7, 11) is 0. The molecule has 4 N–H and O–H groups in total. The van der Waals surface area contributed by atoms with Gasteiger partial charge in [-0.05, 0) is 25.7 Å². The fraction of sp³-hybridized carbons (Fsp3) is 0.625. The van der Waals surface area contributed by atoms with E-state index in [-0.39, 0.29) is 11.1 Å². The zero-order valence-electron chi connectivity index (χ0n) is 6.89. The van der Waals surface area contributed by atoms with Crippen LogP contribution in [0.25, 0.3) is 0 Å². The highest BCUT2D eigenvalue weighted by Gasteiger charge is 2.37. The van der Waals surface area contributed by atoms with Gasteiger partial charge in [-0.2, -0.15) is 0 Å². The zero-order valence-corrected chi connectivity index (χ0v) is 6.89. The third-order valence-electron chi connectivity index (χ3n) is 2.51. The largest absolute Gasteiger partial charge is 0.325 e. The highest BCUT2D eigenvalue weighted by molar-refractivity contribution is 5.07. The van der Waals surface area contributed by atoms with Crippen molar-refractivity contribution in [3.05, 3.63) is 22.1 Å². The first-order chi connectivity index (χ1) is 5.70. The van der Waals surface area contributed by atoms with Crippen molar-refractivity contribution >= 4 is 0 Å². The van der Waals surface area contributed by atoms with Crippen LogP contribution in [0.3, 0.4) is 0 Å². The molecular formula is C8H13N3O. The lowest BCUT2D eigenvalue weighted by Gasteiger charge is -2.04. The molecule has 0 radical (unpaired) electrons. The molecule has 1 aromatic rings. The summed E-state index contributed by atoms with van der Waals surface area (Å²) in [6.07, 6.45) is 5.64. The number of aromatic nitrogens is 2. The van der Waals surface area contributed by atoms with E-state index in [9.17, 15) is 4.79 Å². The summed E-state index contributed by atoms with van der Waals surface area (Å²) in [6.45, 7) is 0. The van der Waals surface area contributed by atoms with Gasteiger partial charge in [0.25, 0.3) is 5.56 Å². The van der Waals surface area contributed by atoms with Crippen LogP contribution in [0.1, 0.15) is 24.8 Å². The first-order valence-corrected chi connectivity index (χ1v) is 4.23. The predicted molar refractivity (Wildman–Crippen MR) is 45.9 cm³/mol. The Kier molecular flexibility index (Phi) is 1.58. The van der Waals surface area contributed by atoms with Crippen LogP contribution in [0.5, 0.6) is 0 Å². The van der Waals surface area contributed by atoms with Crippen molar-refractivity contribution in [3.8, 4) is 0 Å². The van der Waals surface area contributed by atoms with Crippen molar-refractivity contribution < 1.29 is 0 Å². The van der Waals surface area contributed by atoms with E-state index < -0.39 is 0 Å². The lowest BCUT2D eigenvalue weighted by atomic mass is 10.1. The molecule has 4 nitrogen and oxygen atoms in total. The van der Waals surface area contributed by atoms with E-state index in [0.717, 1.165) is 31.2 Å². The van der Waals surface area contributed by atoms with E-state index in [4.69, 9.17) is 5.73 Å². The number of hydrogen-bond donors (Lipinski definition) is 3. The minimum atomic E-state index is -0.0146. The molecule has 66 valence electrons. The summed E-state index contributed by atoms with van der Waals surface area (Å²) >= 11 is 0. The van der Waals surface area contributed by atoms with Gasteiger partial charge in [-0.1, -0.05) is 0 Å².